The van der Waals surface area contributed by atoms with E-state index in [1.165, 1.54) is 0 Å². The van der Waals surface area contributed by atoms with Gasteiger partial charge in [0.2, 0.25) is 5.65 Å². The molecule has 0 aliphatic rings. The number of H-pyrrole nitrogens is 1. The first-order valence-corrected chi connectivity index (χ1v) is 11.5. The predicted molar refractivity (Wildman–Crippen MR) is 95.5 cm³/mol. The third-order valence-corrected chi connectivity index (χ3v) is 5.41. The van der Waals surface area contributed by atoms with E-state index in [4.69, 9.17) is 11.3 Å². The van der Waals surface area contributed by atoms with Crippen LogP contribution in [0.25, 0.3) is 27.1 Å². The largest absolute Gasteiger partial charge is 0.394 e. The van der Waals surface area contributed by atoms with E-state index >= 15 is 0 Å². The van der Waals surface area contributed by atoms with Crippen molar-refractivity contribution in [2.24, 2.45) is 0 Å². The lowest BCUT2D eigenvalue weighted by atomic mass is 10.2. The molecule has 0 radical (unpaired) electrons. The van der Waals surface area contributed by atoms with Crippen molar-refractivity contribution in [3.05, 3.63) is 36.1 Å². The number of hydrogen-bond donors (Lipinski definition) is 1. The van der Waals surface area contributed by atoms with Gasteiger partial charge in [-0.15, -0.1) is 16.5 Å². The Morgan fingerprint density at radius 1 is 1.33 bits per heavy atom. The fraction of sp³-hybridized carbons (Fsp3) is 0.375. The van der Waals surface area contributed by atoms with Crippen molar-refractivity contribution in [2.45, 2.75) is 32.4 Å². The highest BCUT2D eigenvalue weighted by Crippen LogP contribution is 2.28. The highest BCUT2D eigenvalue weighted by Gasteiger charge is 2.18. The number of nitrogens with zero attached hydrogens (tertiary/aromatic N) is 5. The topological polar surface area (TPSA) is 73.0 Å². The van der Waals surface area contributed by atoms with Gasteiger partial charge in [0.1, 0.15) is 12.4 Å². The van der Waals surface area contributed by atoms with Crippen molar-refractivity contribution < 1.29 is 4.74 Å². The molecular formula is C16H20N6OSi. The third kappa shape index (κ3) is 3.53. The number of fused-ring (bicyclic) bond motifs is 1. The van der Waals surface area contributed by atoms with Crippen molar-refractivity contribution in [2.75, 3.05) is 6.61 Å². The van der Waals surface area contributed by atoms with E-state index in [-0.39, 0.29) is 5.95 Å². The molecule has 3 heterocycles. The maximum Gasteiger partial charge on any atom is 0.374 e. The molecular weight excluding hydrogens is 320 g/mol. The van der Waals surface area contributed by atoms with Crippen molar-refractivity contribution >= 4 is 25.1 Å². The number of ether oxygens (including phenoxy) is 1. The van der Waals surface area contributed by atoms with Crippen LogP contribution in [0.1, 0.15) is 0 Å². The standard InChI is InChI=1S/C16H20N6OSi/c1-17-16-20-14(12-9-18-19-10-12)13-5-6-22(15(13)21-16)11-23-7-8-24(2,3)4/h5-6,9-10H,7-8,11H2,2-4H3,(H,18,19). The highest BCUT2D eigenvalue weighted by molar-refractivity contribution is 6.76. The first-order valence-electron chi connectivity index (χ1n) is 7.79. The molecule has 0 spiro atoms. The molecule has 124 valence electrons. The minimum atomic E-state index is -1.10. The number of hydrogen-bond acceptors (Lipinski definition) is 4. The Balaban J connectivity index is 1.88. The average Bonchev–Trinajstić information content (AvgIpc) is 3.19. The minimum absolute atomic E-state index is 0.126. The van der Waals surface area contributed by atoms with Gasteiger partial charge in [0.15, 0.2) is 0 Å². The molecule has 0 atom stereocenters. The maximum atomic E-state index is 7.24. The van der Waals surface area contributed by atoms with Crippen LogP contribution in [0.4, 0.5) is 5.95 Å². The lowest BCUT2D eigenvalue weighted by molar-refractivity contribution is 0.0899. The summed E-state index contributed by atoms with van der Waals surface area (Å²) in [4.78, 5) is 12.1. The van der Waals surface area contributed by atoms with E-state index in [1.54, 1.807) is 12.4 Å². The van der Waals surface area contributed by atoms with E-state index in [0.29, 0.717) is 18.1 Å². The summed E-state index contributed by atoms with van der Waals surface area (Å²) in [6.45, 7) is 15.4. The van der Waals surface area contributed by atoms with Crippen LogP contribution in [0.15, 0.2) is 24.7 Å². The van der Waals surface area contributed by atoms with Crippen molar-refractivity contribution in [1.82, 2.24) is 24.7 Å². The summed E-state index contributed by atoms with van der Waals surface area (Å²) in [5.41, 5.74) is 2.26. The van der Waals surface area contributed by atoms with Gasteiger partial charge in [0.25, 0.3) is 0 Å². The Kier molecular flexibility index (Phi) is 4.46. The molecule has 0 saturated carbocycles. The Hall–Kier alpha value is -2.50. The van der Waals surface area contributed by atoms with Crippen LogP contribution >= 0.6 is 0 Å². The van der Waals surface area contributed by atoms with Gasteiger partial charge in [-0.25, -0.2) is 0 Å². The molecule has 3 aromatic heterocycles. The monoisotopic (exact) mass is 340 g/mol. The second-order valence-electron chi connectivity index (χ2n) is 6.84. The third-order valence-electron chi connectivity index (χ3n) is 3.71. The molecule has 0 bridgehead atoms. The molecule has 1 N–H and O–H groups in total. The van der Waals surface area contributed by atoms with Gasteiger partial charge >= 0.3 is 5.95 Å². The van der Waals surface area contributed by atoms with Gasteiger partial charge in [-0.05, 0) is 12.1 Å². The first kappa shape index (κ1) is 16.4. The maximum absolute atomic E-state index is 7.24. The lowest BCUT2D eigenvalue weighted by Crippen LogP contribution is -2.22. The van der Waals surface area contributed by atoms with Crippen LogP contribution in [0.3, 0.4) is 0 Å². The van der Waals surface area contributed by atoms with E-state index in [1.807, 2.05) is 16.8 Å². The van der Waals surface area contributed by atoms with Gasteiger partial charge in [-0.1, -0.05) is 19.6 Å². The average molecular weight is 340 g/mol. The zero-order valence-corrected chi connectivity index (χ0v) is 15.1. The number of aromatic nitrogens is 5. The van der Waals surface area contributed by atoms with Gasteiger partial charge in [0.05, 0.1) is 17.1 Å². The normalized spacial score (nSPS) is 11.8. The Labute approximate surface area is 141 Å². The van der Waals surface area contributed by atoms with Crippen molar-refractivity contribution in [3.63, 3.8) is 0 Å². The van der Waals surface area contributed by atoms with Gasteiger partial charge in [-0.2, -0.15) is 5.10 Å². The van der Waals surface area contributed by atoms with E-state index in [0.717, 1.165) is 23.6 Å². The summed E-state index contributed by atoms with van der Waals surface area (Å²) in [7, 11) is -1.10. The SMILES string of the molecule is [C-]#[N+]c1nc(-c2cn[nH]c2)c2ccn(COCC[Si](C)(C)C)c2n1. The van der Waals surface area contributed by atoms with Crippen molar-refractivity contribution in [3.8, 4) is 11.3 Å². The summed E-state index contributed by atoms with van der Waals surface area (Å²) in [5.74, 6) is 0.126. The molecule has 24 heavy (non-hydrogen) atoms. The second kappa shape index (κ2) is 6.55. The van der Waals surface area contributed by atoms with Gasteiger partial charge < -0.3 is 9.58 Å². The Morgan fingerprint density at radius 2 is 2.17 bits per heavy atom. The lowest BCUT2D eigenvalue weighted by Gasteiger charge is -2.15. The van der Waals surface area contributed by atoms with E-state index in [9.17, 15) is 0 Å². The van der Waals surface area contributed by atoms with Crippen LogP contribution < -0.4 is 0 Å². The predicted octanol–water partition coefficient (Wildman–Crippen LogP) is 3.68. The molecule has 0 fully saturated rings. The molecule has 7 nitrogen and oxygen atoms in total. The summed E-state index contributed by atoms with van der Waals surface area (Å²) in [6, 6.07) is 3.07. The van der Waals surface area contributed by atoms with Gasteiger partial charge in [-0.3, -0.25) is 9.67 Å². The quantitative estimate of drug-likeness (QED) is 0.422. The molecule has 0 saturated heterocycles. The summed E-state index contributed by atoms with van der Waals surface area (Å²) in [6.07, 6.45) is 5.37. The highest BCUT2D eigenvalue weighted by atomic mass is 28.3. The summed E-state index contributed by atoms with van der Waals surface area (Å²) >= 11 is 0. The van der Waals surface area contributed by atoms with Crippen LogP contribution in [-0.2, 0) is 11.5 Å². The molecule has 0 aliphatic heterocycles. The van der Waals surface area contributed by atoms with Gasteiger partial charge in [0, 0.05) is 27.1 Å². The number of rotatable bonds is 6. The van der Waals surface area contributed by atoms with Crippen LogP contribution in [0.2, 0.25) is 25.7 Å². The zero-order valence-electron chi connectivity index (χ0n) is 14.1. The van der Waals surface area contributed by atoms with Crippen LogP contribution in [0, 0.1) is 6.57 Å². The number of aromatic amines is 1. The Bertz CT molecular complexity index is 872. The van der Waals surface area contributed by atoms with E-state index in [2.05, 4.69) is 44.7 Å². The fourth-order valence-corrected chi connectivity index (χ4v) is 3.11. The number of nitrogens with one attached hydrogen (secondary N) is 1. The molecule has 0 aliphatic carbocycles. The summed E-state index contributed by atoms with van der Waals surface area (Å²) < 4.78 is 7.72. The smallest absolute Gasteiger partial charge is 0.374 e. The molecule has 8 heteroatoms. The molecule has 3 aromatic rings. The molecule has 0 unspecified atom stereocenters. The van der Waals surface area contributed by atoms with Crippen LogP contribution in [-0.4, -0.2) is 39.4 Å². The minimum Gasteiger partial charge on any atom is -0.394 e. The fourth-order valence-electron chi connectivity index (χ4n) is 2.35. The molecule has 0 amide bonds. The summed E-state index contributed by atoms with van der Waals surface area (Å²) in [5, 5.41) is 7.63. The van der Waals surface area contributed by atoms with Crippen molar-refractivity contribution in [1.29, 1.82) is 0 Å². The Morgan fingerprint density at radius 3 is 2.83 bits per heavy atom. The molecule has 0 aromatic carbocycles. The van der Waals surface area contributed by atoms with Crippen LogP contribution in [0.5, 0.6) is 0 Å². The van der Waals surface area contributed by atoms with E-state index < -0.39 is 8.07 Å². The zero-order chi connectivity index (χ0) is 17.2. The first-order chi connectivity index (χ1) is 11.5. The molecule has 3 rings (SSSR count). The second-order valence-corrected chi connectivity index (χ2v) is 12.5.